The number of carbonyl (C=O) groups is 1. The van der Waals surface area contributed by atoms with Gasteiger partial charge in [-0.05, 0) is 24.3 Å². The molecule has 1 aromatic carbocycles. The molecule has 0 fully saturated rings. The molecule has 0 bridgehead atoms. The fraction of sp³-hybridized carbons (Fsp3) is 0. The van der Waals surface area contributed by atoms with E-state index in [0.717, 1.165) is 11.3 Å². The molecule has 5 heteroatoms. The lowest BCUT2D eigenvalue weighted by molar-refractivity contribution is 0.100. The molecule has 0 atom stereocenters. The number of pyridine rings is 1. The van der Waals surface area contributed by atoms with Gasteiger partial charge in [-0.1, -0.05) is 12.1 Å². The average molecular weight is 252 g/mol. The maximum absolute atomic E-state index is 11.4. The maximum Gasteiger partial charge on any atom is 0.252 e. The fourth-order valence-electron chi connectivity index (χ4n) is 2.00. The third-order valence-electron chi connectivity index (χ3n) is 2.95. The molecular weight excluding hydrogens is 240 g/mol. The lowest BCUT2D eigenvalue weighted by Crippen LogP contribution is -2.12. The van der Waals surface area contributed by atoms with E-state index < -0.39 is 5.91 Å². The quantitative estimate of drug-likeness (QED) is 0.680. The van der Waals surface area contributed by atoms with Gasteiger partial charge < -0.3 is 15.9 Å². The Morgan fingerprint density at radius 2 is 1.89 bits per heavy atom. The molecule has 0 aliphatic heterocycles. The monoisotopic (exact) mass is 252 g/mol. The van der Waals surface area contributed by atoms with Crippen LogP contribution in [0.15, 0.2) is 48.8 Å². The van der Waals surface area contributed by atoms with E-state index in [1.165, 1.54) is 0 Å². The maximum atomic E-state index is 11.4. The first kappa shape index (κ1) is 11.3. The highest BCUT2D eigenvalue weighted by Gasteiger charge is 2.11. The predicted octanol–water partition coefficient (Wildman–Crippen LogP) is 1.68. The van der Waals surface area contributed by atoms with Gasteiger partial charge in [0.1, 0.15) is 5.65 Å². The number of primary amides is 1. The van der Waals surface area contributed by atoms with E-state index in [1.807, 2.05) is 36.7 Å². The number of aromatic nitrogens is 2. The topological polar surface area (TPSA) is 86.4 Å². The van der Waals surface area contributed by atoms with E-state index in [0.29, 0.717) is 16.9 Å². The average Bonchev–Trinajstić information content (AvgIpc) is 2.82. The minimum absolute atomic E-state index is 0.407. The van der Waals surface area contributed by atoms with Crippen LogP contribution in [0, 0.1) is 0 Å². The third-order valence-corrected chi connectivity index (χ3v) is 2.95. The van der Waals surface area contributed by atoms with Crippen LogP contribution in [0.4, 0.5) is 5.69 Å². The minimum Gasteiger partial charge on any atom is -0.399 e. The molecule has 4 N–H and O–H groups in total. The number of carbonyl (C=O) groups excluding carboxylic acids is 1. The Hall–Kier alpha value is -2.82. The highest BCUT2D eigenvalue weighted by atomic mass is 16.1. The molecule has 5 nitrogen and oxygen atoms in total. The fourth-order valence-corrected chi connectivity index (χ4v) is 2.00. The first-order valence-corrected chi connectivity index (χ1v) is 5.78. The largest absolute Gasteiger partial charge is 0.399 e. The Balaban J connectivity index is 2.19. The molecule has 1 amide bonds. The number of rotatable bonds is 2. The van der Waals surface area contributed by atoms with E-state index in [-0.39, 0.29) is 0 Å². The van der Waals surface area contributed by atoms with Gasteiger partial charge in [-0.25, -0.2) is 4.98 Å². The van der Waals surface area contributed by atoms with Crippen LogP contribution < -0.4 is 11.5 Å². The molecule has 3 rings (SSSR count). The summed E-state index contributed by atoms with van der Waals surface area (Å²) >= 11 is 0. The van der Waals surface area contributed by atoms with Crippen molar-refractivity contribution in [2.75, 3.05) is 5.73 Å². The first-order valence-electron chi connectivity index (χ1n) is 5.78. The number of amides is 1. The van der Waals surface area contributed by atoms with Gasteiger partial charge in [0.25, 0.3) is 5.91 Å². The van der Waals surface area contributed by atoms with Crippen LogP contribution in [0.3, 0.4) is 0 Å². The molecule has 19 heavy (non-hydrogen) atoms. The predicted molar refractivity (Wildman–Crippen MR) is 73.6 cm³/mol. The first-order chi connectivity index (χ1) is 9.15. The molecular formula is C14H12N4O. The van der Waals surface area contributed by atoms with Crippen molar-refractivity contribution in [1.29, 1.82) is 0 Å². The third kappa shape index (κ3) is 1.91. The van der Waals surface area contributed by atoms with Crippen LogP contribution in [0.2, 0.25) is 0 Å². The number of imidazole rings is 1. The van der Waals surface area contributed by atoms with Crippen LogP contribution in [-0.2, 0) is 0 Å². The molecule has 2 aromatic heterocycles. The van der Waals surface area contributed by atoms with Gasteiger partial charge in [0.2, 0.25) is 0 Å². The van der Waals surface area contributed by atoms with E-state index in [2.05, 4.69) is 4.98 Å². The normalized spacial score (nSPS) is 10.7. The zero-order chi connectivity index (χ0) is 13.4. The van der Waals surface area contributed by atoms with Crippen molar-refractivity contribution in [2.24, 2.45) is 5.73 Å². The zero-order valence-electron chi connectivity index (χ0n) is 10.1. The Kier molecular flexibility index (Phi) is 2.45. The van der Waals surface area contributed by atoms with Crippen molar-refractivity contribution < 1.29 is 4.79 Å². The van der Waals surface area contributed by atoms with Crippen LogP contribution >= 0.6 is 0 Å². The summed E-state index contributed by atoms with van der Waals surface area (Å²) in [5.41, 5.74) is 14.4. The molecule has 94 valence electrons. The Bertz CT molecular complexity index is 759. The summed E-state index contributed by atoms with van der Waals surface area (Å²) in [5.74, 6) is -0.486. The van der Waals surface area contributed by atoms with Crippen LogP contribution in [-0.4, -0.2) is 15.3 Å². The number of anilines is 1. The van der Waals surface area contributed by atoms with Crippen molar-refractivity contribution in [2.45, 2.75) is 0 Å². The number of nitrogens with zero attached hydrogens (tertiary/aromatic N) is 2. The van der Waals surface area contributed by atoms with Crippen molar-refractivity contribution in [3.63, 3.8) is 0 Å². The van der Waals surface area contributed by atoms with Crippen molar-refractivity contribution >= 4 is 17.2 Å². The summed E-state index contributed by atoms with van der Waals surface area (Å²) < 4.78 is 1.78. The van der Waals surface area contributed by atoms with Gasteiger partial charge in [0, 0.05) is 23.6 Å². The van der Waals surface area contributed by atoms with Crippen molar-refractivity contribution in [1.82, 2.24) is 9.38 Å². The van der Waals surface area contributed by atoms with E-state index >= 15 is 0 Å². The van der Waals surface area contributed by atoms with E-state index in [1.54, 1.807) is 16.5 Å². The Morgan fingerprint density at radius 3 is 2.58 bits per heavy atom. The number of benzene rings is 1. The molecule has 0 saturated carbocycles. The second-order valence-corrected chi connectivity index (χ2v) is 4.27. The summed E-state index contributed by atoms with van der Waals surface area (Å²) in [6.45, 7) is 0. The number of nitrogens with two attached hydrogens (primary N) is 2. The lowest BCUT2D eigenvalue weighted by Gasteiger charge is -1.97. The lowest BCUT2D eigenvalue weighted by atomic mass is 10.1. The Morgan fingerprint density at radius 1 is 1.16 bits per heavy atom. The highest BCUT2D eigenvalue weighted by Crippen LogP contribution is 2.21. The molecule has 0 aliphatic rings. The molecule has 3 aromatic rings. The van der Waals surface area contributed by atoms with Crippen LogP contribution in [0.25, 0.3) is 16.9 Å². The van der Waals surface area contributed by atoms with Gasteiger partial charge in [-0.15, -0.1) is 0 Å². The number of hydrogen-bond acceptors (Lipinski definition) is 3. The summed E-state index contributed by atoms with van der Waals surface area (Å²) in [7, 11) is 0. The van der Waals surface area contributed by atoms with E-state index in [9.17, 15) is 4.79 Å². The van der Waals surface area contributed by atoms with Crippen molar-refractivity contribution in [3.8, 4) is 11.3 Å². The Labute approximate surface area is 109 Å². The number of fused-ring (bicyclic) bond motifs is 1. The standard InChI is InChI=1S/C14H12N4O/c15-10-5-3-9(4-6-10)12-8-18-7-1-2-11(13(16)19)14(18)17-12/h1-8H,15H2,(H2,16,19). The zero-order valence-corrected chi connectivity index (χ0v) is 10.1. The summed E-state index contributed by atoms with van der Waals surface area (Å²) in [4.78, 5) is 15.8. The van der Waals surface area contributed by atoms with Gasteiger partial charge in [-0.2, -0.15) is 0 Å². The number of nitrogen functional groups attached to an aromatic ring is 1. The van der Waals surface area contributed by atoms with Gasteiger partial charge in [-0.3, -0.25) is 4.79 Å². The second kappa shape index (κ2) is 4.13. The molecule has 0 aliphatic carbocycles. The molecule has 0 unspecified atom stereocenters. The summed E-state index contributed by atoms with van der Waals surface area (Å²) in [5, 5.41) is 0. The molecule has 2 heterocycles. The van der Waals surface area contributed by atoms with Gasteiger partial charge >= 0.3 is 0 Å². The smallest absolute Gasteiger partial charge is 0.252 e. The number of hydrogen-bond donors (Lipinski definition) is 2. The minimum atomic E-state index is -0.486. The van der Waals surface area contributed by atoms with Crippen LogP contribution in [0.1, 0.15) is 10.4 Å². The van der Waals surface area contributed by atoms with E-state index in [4.69, 9.17) is 11.5 Å². The second-order valence-electron chi connectivity index (χ2n) is 4.27. The summed E-state index contributed by atoms with van der Waals surface area (Å²) in [6, 6.07) is 10.8. The van der Waals surface area contributed by atoms with Gasteiger partial charge in [0.05, 0.1) is 11.3 Å². The SMILES string of the molecule is NC(=O)c1cccn2cc(-c3ccc(N)cc3)nc12. The summed E-state index contributed by atoms with van der Waals surface area (Å²) in [6.07, 6.45) is 3.68. The molecule has 0 saturated heterocycles. The van der Waals surface area contributed by atoms with Gasteiger partial charge in [0.15, 0.2) is 0 Å². The highest BCUT2D eigenvalue weighted by molar-refractivity contribution is 5.98. The van der Waals surface area contributed by atoms with Crippen molar-refractivity contribution in [3.05, 3.63) is 54.4 Å². The molecule has 0 radical (unpaired) electrons. The van der Waals surface area contributed by atoms with Crippen LogP contribution in [0.5, 0.6) is 0 Å². The molecule has 0 spiro atoms.